The third-order valence-corrected chi connectivity index (χ3v) is 5.47. The third kappa shape index (κ3) is 2.95. The fraction of sp³-hybridized carbons (Fsp3) is 0.571. The number of hydrogen-bond acceptors (Lipinski definition) is 3. The van der Waals surface area contributed by atoms with Crippen molar-refractivity contribution in [2.45, 2.75) is 37.0 Å². The van der Waals surface area contributed by atoms with Gasteiger partial charge in [0.2, 0.25) is 0 Å². The summed E-state index contributed by atoms with van der Waals surface area (Å²) in [6, 6.07) is 5.55. The molecule has 2 rings (SSSR count). The van der Waals surface area contributed by atoms with Crippen LogP contribution < -0.4 is 4.74 Å². The number of aliphatic hydroxyl groups excluding tert-OH is 1. The first-order chi connectivity index (χ1) is 8.55. The van der Waals surface area contributed by atoms with Crippen LogP contribution in [0.25, 0.3) is 0 Å². The van der Waals surface area contributed by atoms with Crippen LogP contribution in [-0.2, 0) is 6.42 Å². The summed E-state index contributed by atoms with van der Waals surface area (Å²) in [4.78, 5) is 0. The van der Waals surface area contributed by atoms with Gasteiger partial charge in [-0.05, 0) is 49.3 Å². The molecule has 1 N–H and O–H groups in total. The number of halogens is 1. The fourth-order valence-corrected chi connectivity index (χ4v) is 3.91. The normalized spacial score (nSPS) is 25.1. The Balaban J connectivity index is 2.15. The molecule has 0 bridgehead atoms. The van der Waals surface area contributed by atoms with Crippen LogP contribution in [0.2, 0.25) is 5.02 Å². The van der Waals surface area contributed by atoms with Gasteiger partial charge < -0.3 is 9.84 Å². The molecule has 18 heavy (non-hydrogen) atoms. The lowest BCUT2D eigenvalue weighted by molar-refractivity contribution is 0.132. The quantitative estimate of drug-likeness (QED) is 0.918. The monoisotopic (exact) mass is 286 g/mol. The first kappa shape index (κ1) is 14.0. The maximum Gasteiger partial charge on any atom is 0.122 e. The van der Waals surface area contributed by atoms with Crippen LogP contribution in [0.1, 0.15) is 25.3 Å². The van der Waals surface area contributed by atoms with Crippen LogP contribution in [0.15, 0.2) is 18.2 Å². The Kier molecular flexibility index (Phi) is 4.46. The summed E-state index contributed by atoms with van der Waals surface area (Å²) in [7, 11) is 1.64. The second kappa shape index (κ2) is 5.72. The van der Waals surface area contributed by atoms with Gasteiger partial charge in [-0.3, -0.25) is 0 Å². The van der Waals surface area contributed by atoms with Gasteiger partial charge in [0.15, 0.2) is 0 Å². The predicted molar refractivity (Wildman–Crippen MR) is 77.8 cm³/mol. The van der Waals surface area contributed by atoms with Crippen molar-refractivity contribution in [2.24, 2.45) is 0 Å². The zero-order chi connectivity index (χ0) is 13.2. The van der Waals surface area contributed by atoms with Crippen LogP contribution in [0.4, 0.5) is 0 Å². The standard InChI is InChI=1S/C14H19ClO2S/c1-14(6-3-7-18-14)13(16)9-10-8-11(15)4-5-12(10)17-2/h4-5,8,13,16H,3,6-7,9H2,1-2H3. The van der Waals surface area contributed by atoms with E-state index in [1.165, 1.54) is 6.42 Å². The van der Waals surface area contributed by atoms with Crippen molar-refractivity contribution in [1.82, 2.24) is 0 Å². The number of hydrogen-bond donors (Lipinski definition) is 1. The molecule has 100 valence electrons. The number of thioether (sulfide) groups is 1. The topological polar surface area (TPSA) is 29.5 Å². The van der Waals surface area contributed by atoms with Crippen molar-refractivity contribution in [3.63, 3.8) is 0 Å². The highest BCUT2D eigenvalue weighted by atomic mass is 35.5. The lowest BCUT2D eigenvalue weighted by atomic mass is 9.93. The molecule has 0 aliphatic carbocycles. The minimum absolute atomic E-state index is 0.0344. The van der Waals surface area contributed by atoms with Gasteiger partial charge >= 0.3 is 0 Å². The lowest BCUT2D eigenvalue weighted by Crippen LogP contribution is -2.35. The van der Waals surface area contributed by atoms with Gasteiger partial charge in [0, 0.05) is 16.2 Å². The molecule has 0 aromatic heterocycles. The molecule has 2 unspecified atom stereocenters. The lowest BCUT2D eigenvalue weighted by Gasteiger charge is -2.29. The van der Waals surface area contributed by atoms with Crippen LogP contribution >= 0.6 is 23.4 Å². The summed E-state index contributed by atoms with van der Waals surface area (Å²) in [5, 5.41) is 11.1. The maximum absolute atomic E-state index is 10.5. The Labute approximate surface area is 118 Å². The van der Waals surface area contributed by atoms with E-state index in [-0.39, 0.29) is 10.9 Å². The average Bonchev–Trinajstić information content (AvgIpc) is 2.78. The molecule has 0 radical (unpaired) electrons. The molecule has 1 aromatic rings. The van der Waals surface area contributed by atoms with Gasteiger partial charge in [-0.1, -0.05) is 11.6 Å². The second-order valence-electron chi connectivity index (χ2n) is 4.94. The van der Waals surface area contributed by atoms with Crippen molar-refractivity contribution in [1.29, 1.82) is 0 Å². The minimum Gasteiger partial charge on any atom is -0.496 e. The first-order valence-corrected chi connectivity index (χ1v) is 7.56. The van der Waals surface area contributed by atoms with E-state index in [9.17, 15) is 5.11 Å². The molecule has 2 nitrogen and oxygen atoms in total. The summed E-state index contributed by atoms with van der Waals surface area (Å²) >= 11 is 7.88. The van der Waals surface area contributed by atoms with E-state index in [1.807, 2.05) is 30.0 Å². The molecule has 1 aliphatic heterocycles. The molecule has 1 aromatic carbocycles. The third-order valence-electron chi connectivity index (χ3n) is 3.61. The maximum atomic E-state index is 10.5. The molecule has 1 aliphatic rings. The smallest absolute Gasteiger partial charge is 0.122 e. The van der Waals surface area contributed by atoms with Crippen molar-refractivity contribution in [3.8, 4) is 5.75 Å². The van der Waals surface area contributed by atoms with Crippen LogP contribution in [-0.4, -0.2) is 28.8 Å². The van der Waals surface area contributed by atoms with E-state index in [1.54, 1.807) is 7.11 Å². The molecule has 0 saturated carbocycles. The molecule has 0 amide bonds. The number of benzene rings is 1. The van der Waals surface area contributed by atoms with E-state index in [2.05, 4.69) is 6.92 Å². The SMILES string of the molecule is COc1ccc(Cl)cc1CC(O)C1(C)CCCS1. The summed E-state index contributed by atoms with van der Waals surface area (Å²) < 4.78 is 5.29. The number of rotatable bonds is 4. The van der Waals surface area contributed by atoms with Crippen LogP contribution in [0.5, 0.6) is 5.75 Å². The largest absolute Gasteiger partial charge is 0.496 e. The highest BCUT2D eigenvalue weighted by Gasteiger charge is 2.37. The Morgan fingerprint density at radius 2 is 2.33 bits per heavy atom. The minimum atomic E-state index is -0.364. The van der Waals surface area contributed by atoms with Crippen molar-refractivity contribution in [2.75, 3.05) is 12.9 Å². The molecule has 1 saturated heterocycles. The van der Waals surface area contributed by atoms with Gasteiger partial charge in [0.1, 0.15) is 5.75 Å². The molecule has 2 atom stereocenters. The van der Waals surface area contributed by atoms with Crippen LogP contribution in [0, 0.1) is 0 Å². The van der Waals surface area contributed by atoms with E-state index in [4.69, 9.17) is 16.3 Å². The predicted octanol–water partition coefficient (Wildman–Crippen LogP) is 3.54. The first-order valence-electron chi connectivity index (χ1n) is 6.19. The zero-order valence-electron chi connectivity index (χ0n) is 10.8. The number of methoxy groups -OCH3 is 1. The van der Waals surface area contributed by atoms with E-state index < -0.39 is 0 Å². The number of ether oxygens (including phenoxy) is 1. The molecule has 0 spiro atoms. The Bertz CT molecular complexity index is 416. The molecule has 1 fully saturated rings. The average molecular weight is 287 g/mol. The highest BCUT2D eigenvalue weighted by molar-refractivity contribution is 8.00. The van der Waals surface area contributed by atoms with Crippen LogP contribution in [0.3, 0.4) is 0 Å². The number of aliphatic hydroxyl groups is 1. The summed E-state index contributed by atoms with van der Waals surface area (Å²) in [5.74, 6) is 1.94. The summed E-state index contributed by atoms with van der Waals surface area (Å²) in [6.07, 6.45) is 2.48. The molecule has 1 heterocycles. The van der Waals surface area contributed by atoms with Crippen molar-refractivity contribution >= 4 is 23.4 Å². The Hall–Kier alpha value is -0.380. The van der Waals surface area contributed by atoms with Gasteiger partial charge in [-0.2, -0.15) is 11.8 Å². The molecular formula is C14H19ClO2S. The summed E-state index contributed by atoms with van der Waals surface area (Å²) in [5.41, 5.74) is 0.978. The molecular weight excluding hydrogens is 268 g/mol. The van der Waals surface area contributed by atoms with Gasteiger partial charge in [-0.25, -0.2) is 0 Å². The van der Waals surface area contributed by atoms with Gasteiger partial charge in [0.25, 0.3) is 0 Å². The Morgan fingerprint density at radius 3 is 2.94 bits per heavy atom. The second-order valence-corrected chi connectivity index (χ2v) is 7.01. The Morgan fingerprint density at radius 1 is 1.56 bits per heavy atom. The van der Waals surface area contributed by atoms with E-state index in [0.29, 0.717) is 11.4 Å². The van der Waals surface area contributed by atoms with Crippen molar-refractivity contribution < 1.29 is 9.84 Å². The fourth-order valence-electron chi connectivity index (χ4n) is 2.39. The summed E-state index contributed by atoms with van der Waals surface area (Å²) in [6.45, 7) is 2.15. The van der Waals surface area contributed by atoms with Gasteiger partial charge in [0.05, 0.1) is 13.2 Å². The highest BCUT2D eigenvalue weighted by Crippen LogP contribution is 2.42. The van der Waals surface area contributed by atoms with Gasteiger partial charge in [-0.15, -0.1) is 0 Å². The van der Waals surface area contributed by atoms with Crippen molar-refractivity contribution in [3.05, 3.63) is 28.8 Å². The van der Waals surface area contributed by atoms with E-state index in [0.717, 1.165) is 23.5 Å². The zero-order valence-corrected chi connectivity index (χ0v) is 12.4. The molecule has 4 heteroatoms. The van der Waals surface area contributed by atoms with E-state index >= 15 is 0 Å².